The summed E-state index contributed by atoms with van der Waals surface area (Å²) in [5.74, 6) is -0.233. The molecule has 0 saturated heterocycles. The third kappa shape index (κ3) is 7.32. The van der Waals surface area contributed by atoms with Crippen molar-refractivity contribution in [2.24, 2.45) is 0 Å². The van der Waals surface area contributed by atoms with E-state index in [0.29, 0.717) is 5.56 Å². The summed E-state index contributed by atoms with van der Waals surface area (Å²) in [6, 6.07) is 5.59. The lowest BCUT2D eigenvalue weighted by Crippen LogP contribution is -2.18. The van der Waals surface area contributed by atoms with Crippen molar-refractivity contribution in [3.63, 3.8) is 0 Å². The van der Waals surface area contributed by atoms with E-state index in [4.69, 9.17) is 4.74 Å². The van der Waals surface area contributed by atoms with Crippen molar-refractivity contribution in [1.82, 2.24) is 0 Å². The van der Waals surface area contributed by atoms with E-state index in [0.717, 1.165) is 36.8 Å². The lowest BCUT2D eigenvalue weighted by Gasteiger charge is -2.17. The highest BCUT2D eigenvalue weighted by molar-refractivity contribution is 5.91. The van der Waals surface area contributed by atoms with Gasteiger partial charge in [-0.05, 0) is 43.0 Å². The molecule has 0 unspecified atom stereocenters. The van der Waals surface area contributed by atoms with E-state index in [1.165, 1.54) is 0 Å². The molecule has 0 saturated carbocycles. The number of hydrogen-bond donors (Lipinski definition) is 0. The molecule has 0 bridgehead atoms. The summed E-state index contributed by atoms with van der Waals surface area (Å²) < 4.78 is 5.64. The normalized spacial score (nSPS) is 10.3. The number of rotatable bonds is 8. The average molecular weight is 316 g/mol. The van der Waals surface area contributed by atoms with Gasteiger partial charge in [0.15, 0.2) is 0 Å². The zero-order valence-corrected chi connectivity index (χ0v) is 15.4. The monoisotopic (exact) mass is 316 g/mol. The topological polar surface area (TPSA) is 26.3 Å². The van der Waals surface area contributed by atoms with Crippen LogP contribution in [-0.4, -0.2) is 12.1 Å². The Morgan fingerprint density at radius 3 is 2.26 bits per heavy atom. The molecule has 1 aromatic rings. The molecule has 23 heavy (non-hydrogen) atoms. The van der Waals surface area contributed by atoms with Gasteiger partial charge in [0.05, 0.1) is 5.56 Å². The van der Waals surface area contributed by atoms with Crippen LogP contribution in [0, 0.1) is 0 Å². The van der Waals surface area contributed by atoms with Crippen LogP contribution in [0.2, 0.25) is 0 Å². The minimum Gasteiger partial charge on any atom is -0.459 e. The van der Waals surface area contributed by atoms with Crippen molar-refractivity contribution < 1.29 is 9.53 Å². The largest absolute Gasteiger partial charge is 0.459 e. The molecule has 0 atom stereocenters. The van der Waals surface area contributed by atoms with Gasteiger partial charge in [-0.25, -0.2) is 4.79 Å². The summed E-state index contributed by atoms with van der Waals surface area (Å²) >= 11 is 0. The molecule has 2 heteroatoms. The predicted octanol–water partition coefficient (Wildman–Crippen LogP) is 6.51. The summed E-state index contributed by atoms with van der Waals surface area (Å²) in [7, 11) is 0. The Hall–Kier alpha value is -1.83. The van der Waals surface area contributed by atoms with Crippen molar-refractivity contribution in [2.75, 3.05) is 0 Å². The van der Waals surface area contributed by atoms with Crippen LogP contribution in [0.15, 0.2) is 30.9 Å². The van der Waals surface area contributed by atoms with Crippen molar-refractivity contribution in [2.45, 2.75) is 66.4 Å². The summed E-state index contributed by atoms with van der Waals surface area (Å²) in [6.07, 6.45) is 9.64. The summed E-state index contributed by atoms with van der Waals surface area (Å²) in [6.45, 7) is 14.0. The summed E-state index contributed by atoms with van der Waals surface area (Å²) in [4.78, 5) is 12.3. The van der Waals surface area contributed by atoms with Crippen molar-refractivity contribution >= 4 is 18.1 Å². The first kappa shape index (κ1) is 21.2. The molecule has 0 heterocycles. The number of esters is 1. The fourth-order valence-electron chi connectivity index (χ4n) is 2.34. The van der Waals surface area contributed by atoms with E-state index in [2.05, 4.69) is 20.4 Å². The SMILES string of the molecule is C=Cc1ccc(C(=O)OC(CCC)CCC)cc1/C=C\C.CC. The van der Waals surface area contributed by atoms with Gasteiger partial charge in [0.1, 0.15) is 6.10 Å². The Morgan fingerprint density at radius 1 is 1.17 bits per heavy atom. The summed E-state index contributed by atoms with van der Waals surface area (Å²) in [5, 5.41) is 0. The number of ether oxygens (including phenoxy) is 1. The molecule has 0 amide bonds. The maximum atomic E-state index is 12.3. The Morgan fingerprint density at radius 2 is 1.78 bits per heavy atom. The van der Waals surface area contributed by atoms with Crippen LogP contribution in [-0.2, 0) is 4.74 Å². The van der Waals surface area contributed by atoms with Gasteiger partial charge in [-0.3, -0.25) is 0 Å². The van der Waals surface area contributed by atoms with Gasteiger partial charge in [-0.1, -0.05) is 71.4 Å². The Bertz CT molecular complexity index is 495. The molecule has 0 aliphatic heterocycles. The molecule has 1 aromatic carbocycles. The minimum atomic E-state index is -0.233. The minimum absolute atomic E-state index is 0.0248. The van der Waals surface area contributed by atoms with Crippen LogP contribution in [0.1, 0.15) is 81.8 Å². The molecule has 0 fully saturated rings. The molecular weight excluding hydrogens is 284 g/mol. The maximum Gasteiger partial charge on any atom is 0.338 e. The number of hydrogen-bond acceptors (Lipinski definition) is 2. The number of allylic oxidation sites excluding steroid dienone is 1. The second-order valence-electron chi connectivity index (χ2n) is 5.15. The smallest absolute Gasteiger partial charge is 0.338 e. The van der Waals surface area contributed by atoms with Crippen LogP contribution >= 0.6 is 0 Å². The third-order valence-electron chi connectivity index (χ3n) is 3.38. The second-order valence-corrected chi connectivity index (χ2v) is 5.15. The molecular formula is C21H32O2. The molecule has 128 valence electrons. The first-order valence-corrected chi connectivity index (χ1v) is 8.76. The first-order chi connectivity index (χ1) is 11.2. The molecule has 1 rings (SSSR count). The highest BCUT2D eigenvalue weighted by atomic mass is 16.5. The van der Waals surface area contributed by atoms with Gasteiger partial charge < -0.3 is 4.74 Å². The lowest BCUT2D eigenvalue weighted by molar-refractivity contribution is 0.0258. The third-order valence-corrected chi connectivity index (χ3v) is 3.38. The second kappa shape index (κ2) is 12.7. The van der Waals surface area contributed by atoms with E-state index in [1.807, 2.05) is 45.1 Å². The average Bonchev–Trinajstić information content (AvgIpc) is 2.57. The molecule has 0 aliphatic rings. The van der Waals surface area contributed by atoms with E-state index < -0.39 is 0 Å². The van der Waals surface area contributed by atoms with E-state index in [-0.39, 0.29) is 12.1 Å². The van der Waals surface area contributed by atoms with E-state index >= 15 is 0 Å². The number of carbonyl (C=O) groups excluding carboxylic acids is 1. The number of carbonyl (C=O) groups is 1. The van der Waals surface area contributed by atoms with E-state index in [9.17, 15) is 4.79 Å². The Kier molecular flexibility index (Phi) is 11.7. The molecule has 0 radical (unpaired) electrons. The Labute approximate surface area is 142 Å². The van der Waals surface area contributed by atoms with Gasteiger partial charge in [0.2, 0.25) is 0 Å². The molecule has 0 N–H and O–H groups in total. The highest BCUT2D eigenvalue weighted by Gasteiger charge is 2.15. The number of benzene rings is 1. The first-order valence-electron chi connectivity index (χ1n) is 8.76. The highest BCUT2D eigenvalue weighted by Crippen LogP contribution is 2.18. The molecule has 0 aliphatic carbocycles. The standard InChI is InChI=1S/C19H26O2.C2H6/c1-5-9-16-14-17(13-12-15(16)8-4)19(20)21-18(10-6-2)11-7-3;1-2/h5,8-9,12-14,18H,4,6-7,10-11H2,1-3H3;1-2H3/b9-5-;. The van der Waals surface area contributed by atoms with Crippen LogP contribution in [0.4, 0.5) is 0 Å². The summed E-state index contributed by atoms with van der Waals surface area (Å²) in [5.41, 5.74) is 2.61. The fourth-order valence-corrected chi connectivity index (χ4v) is 2.34. The fraction of sp³-hybridized carbons (Fsp3) is 0.476. The zero-order chi connectivity index (χ0) is 17.7. The van der Waals surface area contributed by atoms with Gasteiger partial charge in [0.25, 0.3) is 0 Å². The van der Waals surface area contributed by atoms with Crippen LogP contribution in [0.25, 0.3) is 12.2 Å². The van der Waals surface area contributed by atoms with Crippen molar-refractivity contribution in [1.29, 1.82) is 0 Å². The molecule has 0 spiro atoms. The van der Waals surface area contributed by atoms with Gasteiger partial charge >= 0.3 is 5.97 Å². The van der Waals surface area contributed by atoms with Crippen LogP contribution in [0.3, 0.4) is 0 Å². The molecule has 2 nitrogen and oxygen atoms in total. The zero-order valence-electron chi connectivity index (χ0n) is 15.4. The Balaban J connectivity index is 0.00000232. The van der Waals surface area contributed by atoms with Crippen LogP contribution < -0.4 is 0 Å². The van der Waals surface area contributed by atoms with Gasteiger partial charge in [0, 0.05) is 0 Å². The van der Waals surface area contributed by atoms with Crippen molar-refractivity contribution in [3.05, 3.63) is 47.5 Å². The molecule has 0 aromatic heterocycles. The quantitative estimate of drug-likeness (QED) is 0.511. The van der Waals surface area contributed by atoms with Gasteiger partial charge in [-0.15, -0.1) is 0 Å². The maximum absolute atomic E-state index is 12.3. The van der Waals surface area contributed by atoms with E-state index in [1.54, 1.807) is 12.1 Å². The van der Waals surface area contributed by atoms with Gasteiger partial charge in [-0.2, -0.15) is 0 Å². The lowest BCUT2D eigenvalue weighted by atomic mass is 10.0. The van der Waals surface area contributed by atoms with Crippen LogP contribution in [0.5, 0.6) is 0 Å². The van der Waals surface area contributed by atoms with Crippen molar-refractivity contribution in [3.8, 4) is 0 Å². The predicted molar refractivity (Wildman–Crippen MR) is 102 cm³/mol.